The summed E-state index contributed by atoms with van der Waals surface area (Å²) in [5.74, 6) is -1.70. The lowest BCUT2D eigenvalue weighted by Crippen LogP contribution is -1.99. The molecule has 0 radical (unpaired) electrons. The van der Waals surface area contributed by atoms with Crippen LogP contribution in [-0.2, 0) is 0 Å². The van der Waals surface area contributed by atoms with Crippen molar-refractivity contribution in [3.63, 3.8) is 0 Å². The number of hydrogen-bond acceptors (Lipinski definition) is 2. The van der Waals surface area contributed by atoms with Crippen LogP contribution in [0.25, 0.3) is 0 Å². The number of rotatable bonds is 2. The van der Waals surface area contributed by atoms with Gasteiger partial charge in [-0.3, -0.25) is 0 Å². The Bertz CT molecular complexity index is 660. The molecule has 19 heavy (non-hydrogen) atoms. The van der Waals surface area contributed by atoms with Crippen molar-refractivity contribution in [3.05, 3.63) is 57.0 Å². The number of nitrogens with zero attached hydrogens (tertiary/aromatic N) is 1. The zero-order valence-electron chi connectivity index (χ0n) is 9.35. The summed E-state index contributed by atoms with van der Waals surface area (Å²) in [6.45, 7) is 0. The van der Waals surface area contributed by atoms with Gasteiger partial charge in [0.25, 0.3) is 0 Å². The molecule has 0 heterocycles. The molecule has 0 aliphatic heterocycles. The predicted molar refractivity (Wildman–Crippen MR) is 73.5 cm³/mol. The molecular formula is C13H6BrClF2N2. The third-order valence-electron chi connectivity index (χ3n) is 2.36. The van der Waals surface area contributed by atoms with Gasteiger partial charge in [0.15, 0.2) is 11.6 Å². The molecule has 0 bridgehead atoms. The van der Waals surface area contributed by atoms with Gasteiger partial charge in [0, 0.05) is 4.47 Å². The molecule has 0 aliphatic rings. The lowest BCUT2D eigenvalue weighted by Gasteiger charge is -2.11. The quantitative estimate of drug-likeness (QED) is 0.833. The molecule has 0 atom stereocenters. The Hall–Kier alpha value is -1.64. The average molecular weight is 344 g/mol. The van der Waals surface area contributed by atoms with E-state index in [1.165, 1.54) is 0 Å². The third kappa shape index (κ3) is 3.03. The molecule has 0 unspecified atom stereocenters. The molecule has 6 heteroatoms. The first-order valence-corrected chi connectivity index (χ1v) is 6.29. The van der Waals surface area contributed by atoms with Gasteiger partial charge < -0.3 is 5.32 Å². The van der Waals surface area contributed by atoms with E-state index < -0.39 is 11.6 Å². The summed E-state index contributed by atoms with van der Waals surface area (Å²) < 4.78 is 28.1. The number of anilines is 2. The lowest BCUT2D eigenvalue weighted by molar-refractivity contribution is 0.590. The highest BCUT2D eigenvalue weighted by Crippen LogP contribution is 2.31. The molecule has 2 rings (SSSR count). The average Bonchev–Trinajstić information content (AvgIpc) is 2.35. The maximum Gasteiger partial charge on any atom is 0.150 e. The van der Waals surface area contributed by atoms with Crippen LogP contribution in [0.1, 0.15) is 5.56 Å². The Labute approximate surface area is 121 Å². The van der Waals surface area contributed by atoms with Gasteiger partial charge >= 0.3 is 0 Å². The smallest absolute Gasteiger partial charge is 0.150 e. The summed E-state index contributed by atoms with van der Waals surface area (Å²) in [6.07, 6.45) is 0. The molecule has 1 N–H and O–H groups in total. The van der Waals surface area contributed by atoms with Crippen LogP contribution in [0, 0.1) is 23.0 Å². The minimum atomic E-state index is -0.851. The molecule has 0 amide bonds. The van der Waals surface area contributed by atoms with Crippen LogP contribution in [0.15, 0.2) is 34.8 Å². The van der Waals surface area contributed by atoms with E-state index in [1.807, 2.05) is 0 Å². The van der Waals surface area contributed by atoms with Gasteiger partial charge in [-0.15, -0.1) is 0 Å². The first kappa shape index (κ1) is 13.8. The Morgan fingerprint density at radius 2 is 1.79 bits per heavy atom. The molecular weight excluding hydrogens is 338 g/mol. The molecule has 2 aromatic carbocycles. The normalized spacial score (nSPS) is 10.1. The van der Waals surface area contributed by atoms with Crippen LogP contribution in [0.2, 0.25) is 5.02 Å². The van der Waals surface area contributed by atoms with Gasteiger partial charge in [0.2, 0.25) is 0 Å². The first-order chi connectivity index (χ1) is 9.01. The van der Waals surface area contributed by atoms with Crippen molar-refractivity contribution in [2.75, 3.05) is 5.32 Å². The van der Waals surface area contributed by atoms with E-state index in [0.717, 1.165) is 16.6 Å². The van der Waals surface area contributed by atoms with Crippen molar-refractivity contribution in [3.8, 4) is 6.07 Å². The SMILES string of the molecule is N#Cc1cc(F)c(Nc2ccc(Br)cc2Cl)c(F)c1. The Morgan fingerprint density at radius 1 is 1.16 bits per heavy atom. The predicted octanol–water partition coefficient (Wildman–Crippen LogP) is 5.00. The fraction of sp³-hybridized carbons (Fsp3) is 0. The Balaban J connectivity index is 2.41. The van der Waals surface area contributed by atoms with Crippen LogP contribution in [0.5, 0.6) is 0 Å². The molecule has 0 spiro atoms. The molecule has 2 aromatic rings. The van der Waals surface area contributed by atoms with E-state index in [2.05, 4.69) is 21.2 Å². The molecule has 0 fully saturated rings. The van der Waals surface area contributed by atoms with E-state index in [9.17, 15) is 8.78 Å². The summed E-state index contributed by atoms with van der Waals surface area (Å²) in [5, 5.41) is 11.5. The van der Waals surface area contributed by atoms with E-state index >= 15 is 0 Å². The number of nitrogens with one attached hydrogen (secondary N) is 1. The van der Waals surface area contributed by atoms with Gasteiger partial charge in [0.05, 0.1) is 22.3 Å². The molecule has 0 aliphatic carbocycles. The second-order valence-electron chi connectivity index (χ2n) is 3.68. The van der Waals surface area contributed by atoms with E-state index in [1.54, 1.807) is 24.3 Å². The molecule has 96 valence electrons. The lowest BCUT2D eigenvalue weighted by atomic mass is 10.2. The Morgan fingerprint density at radius 3 is 2.32 bits per heavy atom. The van der Waals surface area contributed by atoms with Gasteiger partial charge in [0.1, 0.15) is 5.69 Å². The van der Waals surface area contributed by atoms with Crippen LogP contribution in [-0.4, -0.2) is 0 Å². The van der Waals surface area contributed by atoms with Crippen molar-refractivity contribution in [1.82, 2.24) is 0 Å². The van der Waals surface area contributed by atoms with Crippen molar-refractivity contribution in [2.24, 2.45) is 0 Å². The maximum absolute atomic E-state index is 13.7. The zero-order valence-corrected chi connectivity index (χ0v) is 11.7. The fourth-order valence-corrected chi connectivity index (χ4v) is 2.20. The van der Waals surface area contributed by atoms with Gasteiger partial charge in [-0.1, -0.05) is 27.5 Å². The molecule has 2 nitrogen and oxygen atoms in total. The van der Waals surface area contributed by atoms with Crippen molar-refractivity contribution < 1.29 is 8.78 Å². The fourth-order valence-electron chi connectivity index (χ4n) is 1.48. The largest absolute Gasteiger partial charge is 0.350 e. The van der Waals surface area contributed by atoms with Gasteiger partial charge in [-0.05, 0) is 30.3 Å². The standard InChI is InChI=1S/C13H6BrClF2N2/c14-8-1-2-12(9(15)5-8)19-13-10(16)3-7(6-18)4-11(13)17/h1-5,19H. The van der Waals surface area contributed by atoms with Crippen molar-refractivity contribution in [1.29, 1.82) is 5.26 Å². The van der Waals surface area contributed by atoms with Crippen LogP contribution in [0.4, 0.5) is 20.2 Å². The van der Waals surface area contributed by atoms with Crippen LogP contribution < -0.4 is 5.32 Å². The maximum atomic E-state index is 13.7. The first-order valence-electron chi connectivity index (χ1n) is 5.12. The zero-order chi connectivity index (χ0) is 14.0. The molecule has 0 saturated heterocycles. The number of hydrogen-bond donors (Lipinski definition) is 1. The highest BCUT2D eigenvalue weighted by atomic mass is 79.9. The second-order valence-corrected chi connectivity index (χ2v) is 5.00. The Kier molecular flexibility index (Phi) is 4.03. The van der Waals surface area contributed by atoms with Crippen molar-refractivity contribution >= 4 is 38.9 Å². The summed E-state index contributed by atoms with van der Waals surface area (Å²) in [5.41, 5.74) is -0.0574. The minimum Gasteiger partial charge on any atom is -0.350 e. The van der Waals surface area contributed by atoms with Gasteiger partial charge in [-0.25, -0.2) is 8.78 Å². The summed E-state index contributed by atoms with van der Waals surface area (Å²) in [6, 6.07) is 8.47. The summed E-state index contributed by atoms with van der Waals surface area (Å²) >= 11 is 9.19. The summed E-state index contributed by atoms with van der Waals surface area (Å²) in [7, 11) is 0. The minimum absolute atomic E-state index is 0.0811. The number of halogens is 4. The van der Waals surface area contributed by atoms with E-state index in [0.29, 0.717) is 10.7 Å². The topological polar surface area (TPSA) is 35.8 Å². The van der Waals surface area contributed by atoms with E-state index in [-0.39, 0.29) is 11.3 Å². The van der Waals surface area contributed by atoms with Crippen molar-refractivity contribution in [2.45, 2.75) is 0 Å². The van der Waals surface area contributed by atoms with Gasteiger partial charge in [-0.2, -0.15) is 5.26 Å². The monoisotopic (exact) mass is 342 g/mol. The van der Waals surface area contributed by atoms with Crippen LogP contribution >= 0.6 is 27.5 Å². The molecule has 0 aromatic heterocycles. The summed E-state index contributed by atoms with van der Waals surface area (Å²) in [4.78, 5) is 0. The highest BCUT2D eigenvalue weighted by Gasteiger charge is 2.12. The highest BCUT2D eigenvalue weighted by molar-refractivity contribution is 9.10. The third-order valence-corrected chi connectivity index (χ3v) is 3.17. The number of benzene rings is 2. The molecule has 0 saturated carbocycles. The van der Waals surface area contributed by atoms with Crippen LogP contribution in [0.3, 0.4) is 0 Å². The van der Waals surface area contributed by atoms with E-state index in [4.69, 9.17) is 16.9 Å². The number of nitriles is 1. The second kappa shape index (κ2) is 5.55.